The molecule has 4 nitrogen and oxygen atoms in total. The molecule has 0 rings (SSSR count). The second kappa shape index (κ2) is 6.43. The molecule has 0 amide bonds. The molecule has 0 aliphatic heterocycles. The summed E-state index contributed by atoms with van der Waals surface area (Å²) < 4.78 is 19.3. The summed E-state index contributed by atoms with van der Waals surface area (Å²) in [4.78, 5) is 8.17. The van der Waals surface area contributed by atoms with Crippen LogP contribution in [0.1, 0.15) is 6.92 Å². The van der Waals surface area contributed by atoms with Crippen LogP contribution >= 0.6 is 8.25 Å². The Bertz CT molecular complexity index is 130. The highest BCUT2D eigenvalue weighted by molar-refractivity contribution is 7.32. The van der Waals surface area contributed by atoms with Crippen LogP contribution in [-0.2, 0) is 13.8 Å². The molecule has 1 N–H and O–H groups in total. The van der Waals surface area contributed by atoms with Gasteiger partial charge >= 0.3 is 8.25 Å². The first-order valence-electron chi connectivity index (χ1n) is 3.14. The summed E-state index contributed by atoms with van der Waals surface area (Å²) in [6.07, 6.45) is 0. The van der Waals surface area contributed by atoms with Crippen molar-refractivity contribution in [1.29, 1.82) is 0 Å². The van der Waals surface area contributed by atoms with E-state index in [1.807, 2.05) is 6.92 Å². The van der Waals surface area contributed by atoms with Crippen LogP contribution in [0.15, 0.2) is 12.2 Å². The molecule has 0 aromatic heterocycles. The van der Waals surface area contributed by atoms with Crippen molar-refractivity contribution >= 4 is 8.25 Å². The van der Waals surface area contributed by atoms with Gasteiger partial charge in [0.1, 0.15) is 6.61 Å². The minimum Gasteiger partial charge on any atom is -0.375 e. The van der Waals surface area contributed by atoms with Gasteiger partial charge in [-0.25, -0.2) is 0 Å². The molecular weight excluding hydrogens is 167 g/mol. The van der Waals surface area contributed by atoms with Crippen LogP contribution in [0.25, 0.3) is 0 Å². The minimum absolute atomic E-state index is 0.138. The molecule has 64 valence electrons. The third-order valence-electron chi connectivity index (χ3n) is 0.778. The van der Waals surface area contributed by atoms with Gasteiger partial charge in [0.05, 0.1) is 13.2 Å². The molecule has 0 saturated heterocycles. The van der Waals surface area contributed by atoms with Crippen molar-refractivity contribution in [2.75, 3.05) is 19.8 Å². The van der Waals surface area contributed by atoms with Crippen molar-refractivity contribution in [1.82, 2.24) is 0 Å². The van der Waals surface area contributed by atoms with E-state index >= 15 is 0 Å². The molecule has 5 heteroatoms. The lowest BCUT2D eigenvalue weighted by atomic mass is 10.4. The largest absolute Gasteiger partial charge is 0.694 e. The fourth-order valence-electron chi connectivity index (χ4n) is 0.421. The second-order valence-corrected chi connectivity index (χ2v) is 2.81. The molecule has 0 radical (unpaired) electrons. The normalized spacial score (nSPS) is 11.3. The van der Waals surface area contributed by atoms with Crippen molar-refractivity contribution in [3.8, 4) is 0 Å². The highest BCUT2D eigenvalue weighted by Crippen LogP contribution is 2.12. The molecular formula is C6H12O4P+. The molecule has 1 unspecified atom stereocenters. The average molecular weight is 179 g/mol. The van der Waals surface area contributed by atoms with Gasteiger partial charge in [0, 0.05) is 4.57 Å². The van der Waals surface area contributed by atoms with E-state index in [1.54, 1.807) is 0 Å². The van der Waals surface area contributed by atoms with Crippen molar-refractivity contribution in [2.24, 2.45) is 0 Å². The van der Waals surface area contributed by atoms with Crippen LogP contribution in [0.5, 0.6) is 0 Å². The molecule has 0 aliphatic carbocycles. The summed E-state index contributed by atoms with van der Waals surface area (Å²) in [7, 11) is -2.48. The van der Waals surface area contributed by atoms with Gasteiger partial charge in [0.2, 0.25) is 0 Å². The van der Waals surface area contributed by atoms with Crippen molar-refractivity contribution in [3.63, 3.8) is 0 Å². The zero-order valence-electron chi connectivity index (χ0n) is 6.45. The third kappa shape index (κ3) is 9.72. The molecule has 0 aromatic carbocycles. The Morgan fingerprint density at radius 3 is 2.73 bits per heavy atom. The van der Waals surface area contributed by atoms with Gasteiger partial charge in [-0.15, -0.1) is 9.42 Å². The van der Waals surface area contributed by atoms with E-state index in [2.05, 4.69) is 11.1 Å². The monoisotopic (exact) mass is 179 g/mol. The van der Waals surface area contributed by atoms with Gasteiger partial charge in [-0.05, 0) is 6.92 Å². The Labute approximate surface area is 66.8 Å². The SMILES string of the molecule is C=C(C)COCCO[P+](=O)O. The maximum atomic E-state index is 9.95. The highest BCUT2D eigenvalue weighted by atomic mass is 31.1. The summed E-state index contributed by atoms with van der Waals surface area (Å²) in [5, 5.41) is 0. The second-order valence-electron chi connectivity index (χ2n) is 2.08. The fourth-order valence-corrected chi connectivity index (χ4v) is 0.651. The molecule has 0 aromatic rings. The van der Waals surface area contributed by atoms with E-state index in [4.69, 9.17) is 9.63 Å². The summed E-state index contributed by atoms with van der Waals surface area (Å²) in [5.74, 6) is 0. The van der Waals surface area contributed by atoms with Gasteiger partial charge in [0.25, 0.3) is 0 Å². The minimum atomic E-state index is -2.48. The van der Waals surface area contributed by atoms with E-state index in [9.17, 15) is 4.57 Å². The van der Waals surface area contributed by atoms with Crippen LogP contribution < -0.4 is 0 Å². The number of ether oxygens (including phenoxy) is 1. The van der Waals surface area contributed by atoms with E-state index in [1.165, 1.54) is 0 Å². The fraction of sp³-hybridized carbons (Fsp3) is 0.667. The summed E-state index contributed by atoms with van der Waals surface area (Å²) in [5.41, 5.74) is 0.915. The summed E-state index contributed by atoms with van der Waals surface area (Å²) in [6, 6.07) is 0. The van der Waals surface area contributed by atoms with Crippen LogP contribution in [0.4, 0.5) is 0 Å². The molecule has 0 saturated carbocycles. The number of rotatable bonds is 6. The highest BCUT2D eigenvalue weighted by Gasteiger charge is 2.09. The molecule has 0 spiro atoms. The Balaban J connectivity index is 3.03. The van der Waals surface area contributed by atoms with Gasteiger partial charge < -0.3 is 4.74 Å². The third-order valence-corrected chi connectivity index (χ3v) is 1.18. The Kier molecular flexibility index (Phi) is 6.27. The predicted octanol–water partition coefficient (Wildman–Crippen LogP) is 1.25. The van der Waals surface area contributed by atoms with E-state index in [0.717, 1.165) is 5.57 Å². The van der Waals surface area contributed by atoms with Crippen LogP contribution in [0, 0.1) is 0 Å². The lowest BCUT2D eigenvalue weighted by Crippen LogP contribution is -2.02. The molecule has 0 bridgehead atoms. The first-order chi connectivity index (χ1) is 5.13. The zero-order valence-corrected chi connectivity index (χ0v) is 7.34. The Morgan fingerprint density at radius 2 is 2.27 bits per heavy atom. The zero-order chi connectivity index (χ0) is 8.69. The van der Waals surface area contributed by atoms with Crippen molar-refractivity contribution in [3.05, 3.63) is 12.2 Å². The molecule has 0 aliphatic rings. The van der Waals surface area contributed by atoms with Crippen LogP contribution in [-0.4, -0.2) is 24.7 Å². The molecule has 0 heterocycles. The van der Waals surface area contributed by atoms with Gasteiger partial charge in [0.15, 0.2) is 0 Å². The van der Waals surface area contributed by atoms with Crippen LogP contribution in [0.2, 0.25) is 0 Å². The van der Waals surface area contributed by atoms with Gasteiger partial charge in [-0.2, -0.15) is 0 Å². The van der Waals surface area contributed by atoms with Gasteiger partial charge in [-0.3, -0.25) is 0 Å². The first-order valence-corrected chi connectivity index (χ1v) is 4.27. The van der Waals surface area contributed by atoms with Crippen LogP contribution in [0.3, 0.4) is 0 Å². The van der Waals surface area contributed by atoms with Crippen molar-refractivity contribution < 1.29 is 18.7 Å². The molecule has 1 atom stereocenters. The quantitative estimate of drug-likeness (QED) is 0.378. The summed E-state index contributed by atoms with van der Waals surface area (Å²) in [6.45, 7) is 6.37. The van der Waals surface area contributed by atoms with E-state index in [0.29, 0.717) is 13.2 Å². The lowest BCUT2D eigenvalue weighted by molar-refractivity contribution is 0.114. The summed E-state index contributed by atoms with van der Waals surface area (Å²) >= 11 is 0. The van der Waals surface area contributed by atoms with Gasteiger partial charge in [-0.1, -0.05) is 12.2 Å². The molecule has 0 fully saturated rings. The maximum Gasteiger partial charge on any atom is 0.694 e. The Hall–Kier alpha value is -0.280. The smallest absolute Gasteiger partial charge is 0.375 e. The van der Waals surface area contributed by atoms with E-state index in [-0.39, 0.29) is 6.61 Å². The lowest BCUT2D eigenvalue weighted by Gasteiger charge is -1.98. The number of hydrogen-bond donors (Lipinski definition) is 1. The average Bonchev–Trinajstić information content (AvgIpc) is 1.85. The Morgan fingerprint density at radius 1 is 1.64 bits per heavy atom. The standard InChI is InChI=1S/C6H11O4P/c1-6(2)5-9-3-4-10-11(7)8/h1,3-5H2,2H3/p+1. The molecule has 11 heavy (non-hydrogen) atoms. The topological polar surface area (TPSA) is 55.8 Å². The van der Waals surface area contributed by atoms with E-state index < -0.39 is 8.25 Å². The first kappa shape index (κ1) is 10.7. The number of hydrogen-bond acceptors (Lipinski definition) is 3. The maximum absolute atomic E-state index is 9.95. The predicted molar refractivity (Wildman–Crippen MR) is 41.4 cm³/mol. The van der Waals surface area contributed by atoms with Crippen molar-refractivity contribution in [2.45, 2.75) is 6.92 Å².